The monoisotopic (exact) mass is 257 g/mol. The molecular formula is C16H19NO2. The van der Waals surface area contributed by atoms with Crippen molar-refractivity contribution in [3.05, 3.63) is 36.1 Å². The molecule has 0 bridgehead atoms. The van der Waals surface area contributed by atoms with Gasteiger partial charge in [0.25, 0.3) is 0 Å². The van der Waals surface area contributed by atoms with Crippen LogP contribution >= 0.6 is 0 Å². The Balaban J connectivity index is 1.63. The molecule has 1 unspecified atom stereocenters. The summed E-state index contributed by atoms with van der Waals surface area (Å²) in [5.41, 5.74) is 0.793. The number of benzene rings is 1. The molecule has 3 heteroatoms. The van der Waals surface area contributed by atoms with E-state index in [2.05, 4.69) is 5.32 Å². The molecule has 0 amide bonds. The summed E-state index contributed by atoms with van der Waals surface area (Å²) in [5.74, 6) is 0.612. The minimum Gasteiger partial charge on any atom is -0.453 e. The number of Topliss-reactive ketones (excluding diaryl/α,β-unsaturated/α-hetero) is 1. The predicted molar refractivity (Wildman–Crippen MR) is 75.4 cm³/mol. The lowest BCUT2D eigenvalue weighted by Gasteiger charge is -2.22. The highest BCUT2D eigenvalue weighted by Crippen LogP contribution is 2.21. The largest absolute Gasteiger partial charge is 0.453 e. The minimum absolute atomic E-state index is 0.114. The van der Waals surface area contributed by atoms with Gasteiger partial charge >= 0.3 is 0 Å². The predicted octanol–water partition coefficient (Wildman–Crippen LogP) is 3.54. The molecule has 1 aromatic heterocycles. The van der Waals surface area contributed by atoms with E-state index >= 15 is 0 Å². The van der Waals surface area contributed by atoms with Gasteiger partial charge in [-0.15, -0.1) is 0 Å². The van der Waals surface area contributed by atoms with Gasteiger partial charge in [0.05, 0.1) is 0 Å². The quantitative estimate of drug-likeness (QED) is 0.852. The lowest BCUT2D eigenvalue weighted by Crippen LogP contribution is -2.34. The number of hydrogen-bond donors (Lipinski definition) is 1. The zero-order chi connectivity index (χ0) is 13.1. The lowest BCUT2D eigenvalue weighted by atomic mass is 9.99. The molecule has 1 fully saturated rings. The second-order valence-corrected chi connectivity index (χ2v) is 5.26. The van der Waals surface area contributed by atoms with Crippen LogP contribution in [0.2, 0.25) is 0 Å². The summed E-state index contributed by atoms with van der Waals surface area (Å²) in [7, 11) is 0. The molecule has 0 spiro atoms. The fourth-order valence-electron chi connectivity index (χ4n) is 2.72. The maximum atomic E-state index is 12.1. The van der Waals surface area contributed by atoms with Crippen LogP contribution in [0.4, 0.5) is 0 Å². The SMILES string of the molecule is O=C(CCC1CCCCN1)c1cc2ccccc2o1. The smallest absolute Gasteiger partial charge is 0.198 e. The highest BCUT2D eigenvalue weighted by molar-refractivity contribution is 5.97. The Morgan fingerprint density at radius 1 is 1.32 bits per heavy atom. The number of para-hydroxylation sites is 1. The first-order chi connectivity index (χ1) is 9.33. The molecule has 19 heavy (non-hydrogen) atoms. The Morgan fingerprint density at radius 2 is 2.21 bits per heavy atom. The Morgan fingerprint density at radius 3 is 3.00 bits per heavy atom. The number of rotatable bonds is 4. The molecular weight excluding hydrogens is 238 g/mol. The number of fused-ring (bicyclic) bond motifs is 1. The standard InChI is InChI=1S/C16H19NO2/c18-14(9-8-13-6-3-4-10-17-13)16-11-12-5-1-2-7-15(12)19-16/h1-2,5,7,11,13,17H,3-4,6,8-10H2. The van der Waals surface area contributed by atoms with E-state index in [1.165, 1.54) is 19.3 Å². The van der Waals surface area contributed by atoms with Crippen LogP contribution in [0, 0.1) is 0 Å². The van der Waals surface area contributed by atoms with E-state index < -0.39 is 0 Å². The molecule has 3 rings (SSSR count). The number of ketones is 1. The number of carbonyl (C=O) groups excluding carboxylic acids is 1. The van der Waals surface area contributed by atoms with E-state index in [9.17, 15) is 4.79 Å². The van der Waals surface area contributed by atoms with Gasteiger partial charge in [-0.05, 0) is 37.9 Å². The summed E-state index contributed by atoms with van der Waals surface area (Å²) in [5, 5.41) is 4.47. The molecule has 0 radical (unpaired) electrons. The van der Waals surface area contributed by atoms with Crippen LogP contribution in [0.5, 0.6) is 0 Å². The summed E-state index contributed by atoms with van der Waals surface area (Å²) >= 11 is 0. The molecule has 1 aliphatic heterocycles. The van der Waals surface area contributed by atoms with Gasteiger partial charge in [-0.25, -0.2) is 0 Å². The Kier molecular flexibility index (Phi) is 3.65. The van der Waals surface area contributed by atoms with E-state index in [1.807, 2.05) is 30.3 Å². The fourth-order valence-corrected chi connectivity index (χ4v) is 2.72. The molecule has 0 saturated carbocycles. The maximum absolute atomic E-state index is 12.1. The van der Waals surface area contributed by atoms with Crippen LogP contribution < -0.4 is 5.32 Å². The van der Waals surface area contributed by atoms with Crippen molar-refractivity contribution in [2.45, 2.75) is 38.1 Å². The van der Waals surface area contributed by atoms with Gasteiger partial charge in [0.2, 0.25) is 0 Å². The molecule has 0 aliphatic carbocycles. The van der Waals surface area contributed by atoms with Crippen molar-refractivity contribution in [2.24, 2.45) is 0 Å². The summed E-state index contributed by atoms with van der Waals surface area (Å²) in [4.78, 5) is 12.1. The second kappa shape index (κ2) is 5.57. The van der Waals surface area contributed by atoms with Crippen LogP contribution in [0.1, 0.15) is 42.7 Å². The number of hydrogen-bond acceptors (Lipinski definition) is 3. The molecule has 1 atom stereocenters. The Hall–Kier alpha value is -1.61. The number of piperidine rings is 1. The van der Waals surface area contributed by atoms with Gasteiger partial charge in [0.1, 0.15) is 5.58 Å². The zero-order valence-electron chi connectivity index (χ0n) is 11.0. The molecule has 100 valence electrons. The Bertz CT molecular complexity index is 534. The van der Waals surface area contributed by atoms with Crippen molar-refractivity contribution in [1.29, 1.82) is 0 Å². The van der Waals surface area contributed by atoms with Gasteiger partial charge in [-0.2, -0.15) is 0 Å². The first-order valence-corrected chi connectivity index (χ1v) is 7.08. The fraction of sp³-hybridized carbons (Fsp3) is 0.438. The van der Waals surface area contributed by atoms with Crippen LogP contribution in [-0.4, -0.2) is 18.4 Å². The zero-order valence-corrected chi connectivity index (χ0v) is 11.0. The van der Waals surface area contributed by atoms with Crippen LogP contribution in [0.25, 0.3) is 11.0 Å². The summed E-state index contributed by atoms with van der Waals surface area (Å²) in [6.45, 7) is 1.09. The van der Waals surface area contributed by atoms with Gasteiger partial charge in [-0.1, -0.05) is 24.6 Å². The molecule has 1 aliphatic rings. The van der Waals surface area contributed by atoms with Crippen LogP contribution in [0.15, 0.2) is 34.7 Å². The van der Waals surface area contributed by atoms with E-state index in [0.717, 1.165) is 23.9 Å². The number of furan rings is 1. The topological polar surface area (TPSA) is 42.2 Å². The first kappa shape index (κ1) is 12.4. The molecule has 3 nitrogen and oxygen atoms in total. The van der Waals surface area contributed by atoms with Gasteiger partial charge in [0, 0.05) is 17.8 Å². The van der Waals surface area contributed by atoms with Gasteiger partial charge in [0.15, 0.2) is 11.5 Å². The summed E-state index contributed by atoms with van der Waals surface area (Å²) < 4.78 is 5.60. The average Bonchev–Trinajstić information content (AvgIpc) is 2.90. The molecule has 1 saturated heterocycles. The maximum Gasteiger partial charge on any atom is 0.198 e. The highest BCUT2D eigenvalue weighted by Gasteiger charge is 2.17. The third-order valence-corrected chi connectivity index (χ3v) is 3.83. The summed E-state index contributed by atoms with van der Waals surface area (Å²) in [6.07, 6.45) is 5.20. The van der Waals surface area contributed by atoms with Gasteiger partial charge in [-0.3, -0.25) is 4.79 Å². The minimum atomic E-state index is 0.114. The second-order valence-electron chi connectivity index (χ2n) is 5.26. The van der Waals surface area contributed by atoms with Crippen molar-refractivity contribution >= 4 is 16.8 Å². The van der Waals surface area contributed by atoms with Gasteiger partial charge < -0.3 is 9.73 Å². The van der Waals surface area contributed by atoms with Crippen molar-refractivity contribution in [3.8, 4) is 0 Å². The third kappa shape index (κ3) is 2.87. The van der Waals surface area contributed by atoms with Crippen molar-refractivity contribution in [2.75, 3.05) is 6.54 Å². The number of carbonyl (C=O) groups is 1. The molecule has 2 aromatic rings. The number of nitrogens with one attached hydrogen (secondary N) is 1. The summed E-state index contributed by atoms with van der Waals surface area (Å²) in [6, 6.07) is 10.1. The lowest BCUT2D eigenvalue weighted by molar-refractivity contribution is 0.0949. The molecule has 1 N–H and O–H groups in total. The van der Waals surface area contributed by atoms with E-state index in [1.54, 1.807) is 0 Å². The normalized spacial score (nSPS) is 19.7. The average molecular weight is 257 g/mol. The van der Waals surface area contributed by atoms with E-state index in [4.69, 9.17) is 4.42 Å². The van der Waals surface area contributed by atoms with E-state index in [0.29, 0.717) is 18.2 Å². The molecule has 2 heterocycles. The third-order valence-electron chi connectivity index (χ3n) is 3.83. The Labute approximate surface area is 113 Å². The van der Waals surface area contributed by atoms with Crippen molar-refractivity contribution < 1.29 is 9.21 Å². The highest BCUT2D eigenvalue weighted by atomic mass is 16.3. The van der Waals surface area contributed by atoms with Crippen LogP contribution in [-0.2, 0) is 0 Å². The molecule has 1 aromatic carbocycles. The van der Waals surface area contributed by atoms with Crippen molar-refractivity contribution in [1.82, 2.24) is 5.32 Å². The first-order valence-electron chi connectivity index (χ1n) is 7.08. The van der Waals surface area contributed by atoms with Crippen molar-refractivity contribution in [3.63, 3.8) is 0 Å². The van der Waals surface area contributed by atoms with E-state index in [-0.39, 0.29) is 5.78 Å². The van der Waals surface area contributed by atoms with Crippen LogP contribution in [0.3, 0.4) is 0 Å².